The van der Waals surface area contributed by atoms with Crippen LogP contribution in [0.2, 0.25) is 0 Å². The molecule has 0 aliphatic carbocycles. The second-order valence-electron chi connectivity index (χ2n) is 10.7. The molecule has 1 saturated heterocycles. The normalized spacial score (nSPS) is 19.0. The lowest BCUT2D eigenvalue weighted by molar-refractivity contribution is -0.137. The molecule has 1 amide bonds. The van der Waals surface area contributed by atoms with Crippen LogP contribution in [-0.2, 0) is 22.6 Å². The van der Waals surface area contributed by atoms with Crippen molar-refractivity contribution in [2.75, 3.05) is 30.3 Å². The Balaban J connectivity index is 1.37. The Bertz CT molecular complexity index is 1450. The molecule has 226 valence electrons. The third-order valence-corrected chi connectivity index (χ3v) is 9.37. The van der Waals surface area contributed by atoms with Gasteiger partial charge in [-0.05, 0) is 73.5 Å². The summed E-state index contributed by atoms with van der Waals surface area (Å²) in [6, 6.07) is 18.2. The molecule has 3 atom stereocenters. The molecule has 3 aromatic rings. The van der Waals surface area contributed by atoms with Crippen molar-refractivity contribution in [3.8, 4) is 0 Å². The standard InChI is InChI=1S/C31H36F3N3O4S/c1-4-42(40,41)28-15-9-24(10-16-28)29(20-38)35-30(39)25-7-13-27(14-8-25)37-21(2)17-36(18-22(37)3)19-23-5-11-26(12-6-23)31(32,33)34/h5-16,21-22,29,38H,4,17-20H2,1-3H3,(H,35,39)/t21?,22?,29-/m0/s1. The van der Waals surface area contributed by atoms with Gasteiger partial charge in [-0.25, -0.2) is 8.42 Å². The number of aliphatic hydroxyl groups excluding tert-OH is 1. The van der Waals surface area contributed by atoms with E-state index in [-0.39, 0.29) is 35.2 Å². The van der Waals surface area contributed by atoms with Crippen LogP contribution in [0.3, 0.4) is 0 Å². The molecule has 0 bridgehead atoms. The first-order valence-corrected chi connectivity index (χ1v) is 15.5. The summed E-state index contributed by atoms with van der Waals surface area (Å²) in [5.41, 5.74) is 2.14. The van der Waals surface area contributed by atoms with E-state index in [0.29, 0.717) is 17.7 Å². The number of hydrogen-bond acceptors (Lipinski definition) is 6. The zero-order chi connectivity index (χ0) is 30.7. The van der Waals surface area contributed by atoms with Crippen molar-refractivity contribution in [3.05, 3.63) is 95.1 Å². The van der Waals surface area contributed by atoms with Crippen LogP contribution in [0, 0.1) is 0 Å². The lowest BCUT2D eigenvalue weighted by Gasteiger charge is -2.46. The van der Waals surface area contributed by atoms with Crippen LogP contribution in [0.1, 0.15) is 53.9 Å². The minimum absolute atomic E-state index is 0.0154. The summed E-state index contributed by atoms with van der Waals surface area (Å²) in [6.45, 7) is 7.42. The number of anilines is 1. The Hall–Kier alpha value is -3.41. The van der Waals surface area contributed by atoms with Gasteiger partial charge in [-0.3, -0.25) is 9.69 Å². The van der Waals surface area contributed by atoms with Crippen LogP contribution >= 0.6 is 0 Å². The molecular weight excluding hydrogens is 567 g/mol. The maximum absolute atomic E-state index is 13.0. The summed E-state index contributed by atoms with van der Waals surface area (Å²) in [5.74, 6) is -0.383. The molecule has 1 aliphatic rings. The minimum Gasteiger partial charge on any atom is -0.394 e. The number of carbonyl (C=O) groups is 1. The second kappa shape index (κ2) is 12.8. The van der Waals surface area contributed by atoms with Gasteiger partial charge in [0.25, 0.3) is 5.91 Å². The number of piperazine rings is 1. The Morgan fingerprint density at radius 2 is 1.52 bits per heavy atom. The smallest absolute Gasteiger partial charge is 0.394 e. The fourth-order valence-electron chi connectivity index (χ4n) is 5.46. The van der Waals surface area contributed by atoms with E-state index in [1.165, 1.54) is 24.3 Å². The van der Waals surface area contributed by atoms with E-state index < -0.39 is 27.6 Å². The van der Waals surface area contributed by atoms with Gasteiger partial charge in [-0.1, -0.05) is 31.2 Å². The summed E-state index contributed by atoms with van der Waals surface area (Å²) in [6.07, 6.45) is -4.35. The largest absolute Gasteiger partial charge is 0.416 e. The molecule has 2 N–H and O–H groups in total. The lowest BCUT2D eigenvalue weighted by Crippen LogP contribution is -2.56. The van der Waals surface area contributed by atoms with E-state index in [9.17, 15) is 31.5 Å². The number of sulfone groups is 1. The van der Waals surface area contributed by atoms with Gasteiger partial charge in [-0.2, -0.15) is 13.2 Å². The highest BCUT2D eigenvalue weighted by Crippen LogP contribution is 2.30. The monoisotopic (exact) mass is 603 g/mol. The van der Waals surface area contributed by atoms with Crippen LogP contribution in [-0.4, -0.2) is 61.9 Å². The van der Waals surface area contributed by atoms with Crippen molar-refractivity contribution < 1.29 is 31.5 Å². The molecule has 3 aromatic carbocycles. The summed E-state index contributed by atoms with van der Waals surface area (Å²) in [4.78, 5) is 17.7. The Labute approximate surface area is 244 Å². The molecule has 42 heavy (non-hydrogen) atoms. The molecule has 1 aliphatic heterocycles. The predicted molar refractivity (Wildman–Crippen MR) is 156 cm³/mol. The van der Waals surface area contributed by atoms with E-state index in [2.05, 4.69) is 29.0 Å². The minimum atomic E-state index is -4.35. The fourth-order valence-corrected chi connectivity index (χ4v) is 6.35. The summed E-state index contributed by atoms with van der Waals surface area (Å²) in [5, 5.41) is 12.7. The Morgan fingerprint density at radius 1 is 0.952 bits per heavy atom. The topological polar surface area (TPSA) is 89.9 Å². The number of nitrogens with one attached hydrogen (secondary N) is 1. The summed E-state index contributed by atoms with van der Waals surface area (Å²) in [7, 11) is -3.35. The summed E-state index contributed by atoms with van der Waals surface area (Å²) >= 11 is 0. The molecule has 1 heterocycles. The number of nitrogens with zero attached hydrogens (tertiary/aromatic N) is 2. The van der Waals surface area contributed by atoms with Crippen molar-refractivity contribution in [1.29, 1.82) is 0 Å². The van der Waals surface area contributed by atoms with Gasteiger partial charge in [0.05, 0.1) is 28.9 Å². The molecule has 7 nitrogen and oxygen atoms in total. The van der Waals surface area contributed by atoms with Gasteiger partial charge in [0.15, 0.2) is 9.84 Å². The molecule has 2 unspecified atom stereocenters. The first kappa shape index (κ1) is 31.5. The second-order valence-corrected chi connectivity index (χ2v) is 13.0. The van der Waals surface area contributed by atoms with Crippen LogP contribution in [0.15, 0.2) is 77.7 Å². The van der Waals surface area contributed by atoms with Gasteiger partial charge in [0.1, 0.15) is 0 Å². The third kappa shape index (κ3) is 7.32. The van der Waals surface area contributed by atoms with Gasteiger partial charge in [-0.15, -0.1) is 0 Å². The molecule has 11 heteroatoms. The van der Waals surface area contributed by atoms with Crippen molar-refractivity contribution in [1.82, 2.24) is 10.2 Å². The maximum Gasteiger partial charge on any atom is 0.416 e. The lowest BCUT2D eigenvalue weighted by atomic mass is 10.0. The quantitative estimate of drug-likeness (QED) is 0.356. The number of amides is 1. The van der Waals surface area contributed by atoms with Crippen molar-refractivity contribution in [2.45, 2.75) is 56.5 Å². The van der Waals surface area contributed by atoms with Crippen molar-refractivity contribution in [2.24, 2.45) is 0 Å². The van der Waals surface area contributed by atoms with Crippen LogP contribution in [0.4, 0.5) is 18.9 Å². The zero-order valence-electron chi connectivity index (χ0n) is 23.8. The highest BCUT2D eigenvalue weighted by Gasteiger charge is 2.31. The highest BCUT2D eigenvalue weighted by atomic mass is 32.2. The first-order valence-electron chi connectivity index (χ1n) is 13.8. The number of rotatable bonds is 9. The van der Waals surface area contributed by atoms with E-state index in [1.54, 1.807) is 31.2 Å². The number of carbonyl (C=O) groups excluding carboxylic acids is 1. The predicted octanol–water partition coefficient (Wildman–Crippen LogP) is 5.06. The molecular formula is C31H36F3N3O4S. The maximum atomic E-state index is 13.0. The van der Waals surface area contributed by atoms with Crippen LogP contribution in [0.5, 0.6) is 0 Å². The molecule has 0 radical (unpaired) electrons. The zero-order valence-corrected chi connectivity index (χ0v) is 24.6. The van der Waals surface area contributed by atoms with Crippen LogP contribution in [0.25, 0.3) is 0 Å². The van der Waals surface area contributed by atoms with E-state index >= 15 is 0 Å². The average molecular weight is 604 g/mol. The van der Waals surface area contributed by atoms with E-state index in [0.717, 1.165) is 36.5 Å². The molecule has 4 rings (SSSR count). The van der Waals surface area contributed by atoms with Crippen LogP contribution < -0.4 is 10.2 Å². The highest BCUT2D eigenvalue weighted by molar-refractivity contribution is 7.91. The number of aliphatic hydroxyl groups is 1. The molecule has 0 saturated carbocycles. The number of benzene rings is 3. The first-order chi connectivity index (χ1) is 19.8. The number of hydrogen-bond donors (Lipinski definition) is 2. The Kier molecular flexibility index (Phi) is 9.64. The molecule has 0 aromatic heterocycles. The van der Waals surface area contributed by atoms with E-state index in [4.69, 9.17) is 0 Å². The van der Waals surface area contributed by atoms with Crippen molar-refractivity contribution in [3.63, 3.8) is 0 Å². The third-order valence-electron chi connectivity index (χ3n) is 7.62. The van der Waals surface area contributed by atoms with Gasteiger partial charge < -0.3 is 15.3 Å². The molecule has 1 fully saturated rings. The number of alkyl halides is 3. The Morgan fingerprint density at radius 3 is 2.02 bits per heavy atom. The average Bonchev–Trinajstić information content (AvgIpc) is 2.95. The summed E-state index contributed by atoms with van der Waals surface area (Å²) < 4.78 is 62.8. The van der Waals surface area contributed by atoms with Gasteiger partial charge in [0.2, 0.25) is 0 Å². The van der Waals surface area contributed by atoms with Gasteiger partial charge >= 0.3 is 6.18 Å². The SMILES string of the molecule is CCS(=O)(=O)c1ccc([C@H](CO)NC(=O)c2ccc(N3C(C)CN(Cc4ccc(C(F)(F)F)cc4)CC3C)cc2)cc1. The number of halogens is 3. The van der Waals surface area contributed by atoms with Gasteiger partial charge in [0, 0.05) is 43.0 Å². The van der Waals surface area contributed by atoms with Crippen molar-refractivity contribution >= 4 is 21.4 Å². The molecule has 0 spiro atoms. The van der Waals surface area contributed by atoms with E-state index in [1.807, 2.05) is 12.1 Å². The fraction of sp³-hybridized carbons (Fsp3) is 0.387.